The second kappa shape index (κ2) is 18.8. The van der Waals surface area contributed by atoms with Crippen molar-refractivity contribution in [2.24, 2.45) is 11.5 Å². The quantitative estimate of drug-likeness (QED) is 0.0622. The SMILES string of the molecule is CCc1nc(C)oc1C(=O)Nc1nc2cc(C(N)=O)cc(OCCCN(C)C(=O)OC(C)(C)C)c2n1C/C=C/Cn1c2nc(-c3cc(C)nn3CC)ccc2c2cc(C(N)=O)cc(OC)c21. The van der Waals surface area contributed by atoms with E-state index in [4.69, 9.17) is 40.1 Å². The lowest BCUT2D eigenvalue weighted by Gasteiger charge is -2.24. The monoisotopic (exact) mass is 901 g/mol. The maximum atomic E-state index is 13.8. The number of imidazole rings is 1. The number of allylic oxidation sites excluding steroid dienone is 2. The van der Waals surface area contributed by atoms with Gasteiger partial charge in [-0.2, -0.15) is 5.10 Å². The van der Waals surface area contributed by atoms with Gasteiger partial charge in [-0.05, 0) is 89.9 Å². The molecule has 19 nitrogen and oxygen atoms in total. The number of ether oxygens (including phenoxy) is 3. The number of aryl methyl sites for hydroxylation is 4. The molecule has 7 aromatic rings. The minimum Gasteiger partial charge on any atom is -0.495 e. The number of oxazole rings is 1. The Morgan fingerprint density at radius 2 is 1.58 bits per heavy atom. The minimum atomic E-state index is -0.702. The molecule has 5 heterocycles. The van der Waals surface area contributed by atoms with Crippen LogP contribution in [0.1, 0.15) is 89.6 Å². The number of nitrogens with two attached hydrogens (primary N) is 2. The van der Waals surface area contributed by atoms with Crippen molar-refractivity contribution in [1.82, 2.24) is 38.8 Å². The molecule has 0 fully saturated rings. The number of carbonyl (C=O) groups excluding carboxylic acids is 4. The fraction of sp³-hybridized carbons (Fsp3) is 0.362. The molecule has 0 radical (unpaired) electrons. The molecule has 0 atom stereocenters. The number of nitrogens with zero attached hydrogens (tertiary/aromatic N) is 8. The average Bonchev–Trinajstić information content (AvgIpc) is 4.03. The third-order valence-corrected chi connectivity index (χ3v) is 10.7. The van der Waals surface area contributed by atoms with Crippen LogP contribution in [-0.2, 0) is 30.8 Å². The number of methoxy groups -OCH3 is 1. The fourth-order valence-corrected chi connectivity index (χ4v) is 7.75. The van der Waals surface area contributed by atoms with Crippen LogP contribution in [0, 0.1) is 13.8 Å². The molecular formula is C47H55N11O8. The molecule has 0 aliphatic rings. The number of nitrogens with one attached hydrogen (secondary N) is 1. The second-order valence-corrected chi connectivity index (χ2v) is 16.7. The van der Waals surface area contributed by atoms with Gasteiger partial charge in [0.05, 0.1) is 47.5 Å². The Bertz CT molecular complexity index is 3040. The highest BCUT2D eigenvalue weighted by atomic mass is 16.6. The number of hydrogen-bond donors (Lipinski definition) is 3. The van der Waals surface area contributed by atoms with Gasteiger partial charge in [-0.25, -0.2) is 19.7 Å². The number of hydrogen-bond acceptors (Lipinski definition) is 12. The van der Waals surface area contributed by atoms with Crippen molar-refractivity contribution >= 4 is 62.7 Å². The van der Waals surface area contributed by atoms with Crippen LogP contribution < -0.4 is 26.3 Å². The van der Waals surface area contributed by atoms with Crippen LogP contribution in [0.4, 0.5) is 10.7 Å². The second-order valence-electron chi connectivity index (χ2n) is 16.7. The molecule has 0 saturated heterocycles. The predicted octanol–water partition coefficient (Wildman–Crippen LogP) is 6.94. The number of anilines is 1. The molecule has 0 saturated carbocycles. The summed E-state index contributed by atoms with van der Waals surface area (Å²) in [7, 11) is 3.17. The Kier molecular flexibility index (Phi) is 13.2. The van der Waals surface area contributed by atoms with Crippen molar-refractivity contribution in [3.8, 4) is 22.9 Å². The number of benzene rings is 2. The van der Waals surface area contributed by atoms with E-state index in [0.717, 1.165) is 22.2 Å². The summed E-state index contributed by atoms with van der Waals surface area (Å²) in [6.45, 7) is 14.4. The first-order valence-corrected chi connectivity index (χ1v) is 21.6. The Morgan fingerprint density at radius 1 is 0.879 bits per heavy atom. The summed E-state index contributed by atoms with van der Waals surface area (Å²) < 4.78 is 29.0. The third-order valence-electron chi connectivity index (χ3n) is 10.7. The van der Waals surface area contributed by atoms with Gasteiger partial charge in [0, 0.05) is 62.0 Å². The molecule has 346 valence electrons. The lowest BCUT2D eigenvalue weighted by Crippen LogP contribution is -2.35. The zero-order valence-electron chi connectivity index (χ0n) is 38.6. The van der Waals surface area contributed by atoms with Crippen LogP contribution in [0.25, 0.3) is 44.4 Å². The van der Waals surface area contributed by atoms with E-state index in [2.05, 4.69) is 15.4 Å². The molecule has 19 heteroatoms. The molecule has 0 spiro atoms. The number of rotatable bonds is 17. The van der Waals surface area contributed by atoms with Crippen LogP contribution in [0.5, 0.6) is 11.5 Å². The molecule has 0 bridgehead atoms. The largest absolute Gasteiger partial charge is 0.495 e. The van der Waals surface area contributed by atoms with Crippen molar-refractivity contribution in [3.63, 3.8) is 0 Å². The van der Waals surface area contributed by atoms with Gasteiger partial charge in [0.2, 0.25) is 23.5 Å². The molecule has 0 aliphatic heterocycles. The van der Waals surface area contributed by atoms with E-state index in [0.29, 0.717) is 83.3 Å². The standard InChI is InChI=1S/C47H55N11O8/c1-10-32-40(65-27(4)50-32)44(61)53-45-52-34-23-29(42(49)60)25-37(64-20-14-17-55(8)46(62)66-47(5,6)7)39(34)57(45)19-13-12-18-56-38-31(22-28(41(48)59)24-36(38)63-9)30-15-16-33(51-43(30)56)35-21-26(3)54-58(35)11-2/h12-13,15-16,21-25H,10-11,14,17-20H2,1-9H3,(H2,48,59)(H2,49,60)(H,52,53,61)/b13-12+. The topological polar surface area (TPSA) is 243 Å². The van der Waals surface area contributed by atoms with Gasteiger partial charge in [-0.3, -0.25) is 24.4 Å². The number of pyridine rings is 1. The highest BCUT2D eigenvalue weighted by molar-refractivity contribution is 6.12. The van der Waals surface area contributed by atoms with Crippen molar-refractivity contribution in [2.45, 2.75) is 86.5 Å². The van der Waals surface area contributed by atoms with Gasteiger partial charge < -0.3 is 44.1 Å². The first-order valence-electron chi connectivity index (χ1n) is 21.6. The van der Waals surface area contributed by atoms with E-state index in [-0.39, 0.29) is 36.2 Å². The molecule has 66 heavy (non-hydrogen) atoms. The van der Waals surface area contributed by atoms with E-state index < -0.39 is 29.4 Å². The maximum Gasteiger partial charge on any atom is 0.410 e. The molecule has 5 N–H and O–H groups in total. The molecule has 4 amide bonds. The van der Waals surface area contributed by atoms with Gasteiger partial charge in [-0.15, -0.1) is 0 Å². The Hall–Kier alpha value is -7.70. The van der Waals surface area contributed by atoms with Gasteiger partial charge in [0.1, 0.15) is 28.3 Å². The molecule has 2 aromatic carbocycles. The first-order chi connectivity index (χ1) is 31.4. The van der Waals surface area contributed by atoms with E-state index in [9.17, 15) is 19.2 Å². The maximum absolute atomic E-state index is 13.8. The van der Waals surface area contributed by atoms with Crippen molar-refractivity contribution in [3.05, 3.63) is 88.8 Å². The molecular weight excluding hydrogens is 847 g/mol. The minimum absolute atomic E-state index is 0.0522. The van der Waals surface area contributed by atoms with E-state index >= 15 is 0 Å². The first kappa shape index (κ1) is 46.3. The van der Waals surface area contributed by atoms with E-state index in [1.807, 2.05) is 60.4 Å². The Morgan fingerprint density at radius 3 is 2.24 bits per heavy atom. The van der Waals surface area contributed by atoms with Crippen LogP contribution in [0.15, 0.2) is 59.0 Å². The summed E-state index contributed by atoms with van der Waals surface area (Å²) in [4.78, 5) is 67.3. The smallest absolute Gasteiger partial charge is 0.410 e. The summed E-state index contributed by atoms with van der Waals surface area (Å²) >= 11 is 0. The summed E-state index contributed by atoms with van der Waals surface area (Å²) in [5.74, 6) is -0.614. The number of primary amides is 2. The zero-order valence-corrected chi connectivity index (χ0v) is 38.6. The number of amides is 4. The van der Waals surface area contributed by atoms with E-state index in [1.165, 1.54) is 24.1 Å². The third kappa shape index (κ3) is 9.55. The van der Waals surface area contributed by atoms with E-state index in [1.54, 1.807) is 51.4 Å². The number of fused-ring (bicyclic) bond motifs is 4. The van der Waals surface area contributed by atoms with Gasteiger partial charge in [0.15, 0.2) is 5.89 Å². The molecule has 0 aliphatic carbocycles. The summed E-state index contributed by atoms with van der Waals surface area (Å²) in [6.07, 6.45) is 4.24. The summed E-state index contributed by atoms with van der Waals surface area (Å²) in [5.41, 5.74) is 16.4. The fourth-order valence-electron chi connectivity index (χ4n) is 7.75. The Labute approximate surface area is 380 Å². The normalized spacial score (nSPS) is 11.8. The van der Waals surface area contributed by atoms with Crippen LogP contribution >= 0.6 is 0 Å². The highest BCUT2D eigenvalue weighted by Gasteiger charge is 2.25. The molecule has 7 rings (SSSR count). The highest BCUT2D eigenvalue weighted by Crippen LogP contribution is 2.37. The molecule has 5 aromatic heterocycles. The Balaban J connectivity index is 1.29. The van der Waals surface area contributed by atoms with Crippen LogP contribution in [-0.4, -0.2) is 95.5 Å². The molecule has 0 unspecified atom stereocenters. The van der Waals surface area contributed by atoms with Gasteiger partial charge in [-0.1, -0.05) is 19.1 Å². The lowest BCUT2D eigenvalue weighted by atomic mass is 10.1. The summed E-state index contributed by atoms with van der Waals surface area (Å²) in [5, 5.41) is 9.04. The lowest BCUT2D eigenvalue weighted by molar-refractivity contribution is 0.0291. The average molecular weight is 902 g/mol. The van der Waals surface area contributed by atoms with Gasteiger partial charge in [0.25, 0.3) is 5.91 Å². The predicted molar refractivity (Wildman–Crippen MR) is 249 cm³/mol. The van der Waals surface area contributed by atoms with Crippen molar-refractivity contribution in [1.29, 1.82) is 0 Å². The van der Waals surface area contributed by atoms with Crippen LogP contribution in [0.3, 0.4) is 0 Å². The number of carbonyl (C=O) groups is 4. The van der Waals surface area contributed by atoms with Crippen LogP contribution in [0.2, 0.25) is 0 Å². The van der Waals surface area contributed by atoms with Crippen molar-refractivity contribution < 1.29 is 37.8 Å². The van der Waals surface area contributed by atoms with Crippen molar-refractivity contribution in [2.75, 3.05) is 32.6 Å². The van der Waals surface area contributed by atoms with Gasteiger partial charge >= 0.3 is 6.09 Å². The number of aromatic nitrogens is 7. The summed E-state index contributed by atoms with van der Waals surface area (Å²) in [6, 6.07) is 12.3. The zero-order chi connectivity index (χ0) is 47.6.